The lowest BCUT2D eigenvalue weighted by Crippen LogP contribution is -2.39. The molecule has 21 heavy (non-hydrogen) atoms. The van der Waals surface area contributed by atoms with E-state index in [1.54, 1.807) is 6.08 Å². The average Bonchev–Trinajstić information content (AvgIpc) is 2.88. The first-order valence-electron chi connectivity index (χ1n) is 7.22. The van der Waals surface area contributed by atoms with E-state index in [-0.39, 0.29) is 30.4 Å². The first-order valence-corrected chi connectivity index (χ1v) is 7.22. The minimum absolute atomic E-state index is 0.139. The summed E-state index contributed by atoms with van der Waals surface area (Å²) in [5.74, 6) is -0.291. The maximum Gasteiger partial charge on any atom is 0.417 e. The Morgan fingerprint density at radius 2 is 2.10 bits per heavy atom. The number of carbonyl (C=O) groups is 2. The van der Waals surface area contributed by atoms with Crippen molar-refractivity contribution in [1.82, 2.24) is 4.90 Å². The molecule has 0 radical (unpaired) electrons. The van der Waals surface area contributed by atoms with Gasteiger partial charge in [0.15, 0.2) is 0 Å². The van der Waals surface area contributed by atoms with Crippen molar-refractivity contribution < 1.29 is 14.3 Å². The second kappa shape index (κ2) is 6.57. The third kappa shape index (κ3) is 3.15. The fourth-order valence-electron chi connectivity index (χ4n) is 2.52. The number of benzene rings is 1. The van der Waals surface area contributed by atoms with Crippen LogP contribution >= 0.6 is 0 Å². The highest BCUT2D eigenvalue weighted by Gasteiger charge is 2.41. The van der Waals surface area contributed by atoms with E-state index in [1.807, 2.05) is 44.2 Å². The van der Waals surface area contributed by atoms with Crippen molar-refractivity contribution >= 4 is 12.0 Å². The minimum Gasteiger partial charge on any atom is -0.446 e. The molecular formula is C17H21NO3. The molecule has 3 atom stereocenters. The van der Waals surface area contributed by atoms with Crippen molar-refractivity contribution in [2.75, 3.05) is 6.61 Å². The average molecular weight is 287 g/mol. The summed E-state index contributed by atoms with van der Waals surface area (Å²) >= 11 is 0. The smallest absolute Gasteiger partial charge is 0.417 e. The van der Waals surface area contributed by atoms with Crippen molar-refractivity contribution in [2.24, 2.45) is 11.8 Å². The van der Waals surface area contributed by atoms with E-state index in [0.29, 0.717) is 0 Å². The molecule has 1 aromatic carbocycles. The zero-order valence-electron chi connectivity index (χ0n) is 12.5. The van der Waals surface area contributed by atoms with Crippen LogP contribution in [0.3, 0.4) is 0 Å². The monoisotopic (exact) mass is 287 g/mol. The highest BCUT2D eigenvalue weighted by molar-refractivity contribution is 5.94. The molecular weight excluding hydrogens is 266 g/mol. The van der Waals surface area contributed by atoms with Gasteiger partial charge >= 0.3 is 6.09 Å². The molecule has 4 nitrogen and oxygen atoms in total. The lowest BCUT2D eigenvalue weighted by Gasteiger charge is -2.25. The largest absolute Gasteiger partial charge is 0.446 e. The van der Waals surface area contributed by atoms with Gasteiger partial charge in [0.1, 0.15) is 12.6 Å². The van der Waals surface area contributed by atoms with Crippen LogP contribution in [0.2, 0.25) is 0 Å². The van der Waals surface area contributed by atoms with Gasteiger partial charge < -0.3 is 4.74 Å². The first-order chi connectivity index (χ1) is 10.1. The van der Waals surface area contributed by atoms with E-state index >= 15 is 0 Å². The van der Waals surface area contributed by atoms with Crippen LogP contribution in [-0.2, 0) is 9.53 Å². The summed E-state index contributed by atoms with van der Waals surface area (Å²) in [5.41, 5.74) is 0.917. The molecule has 1 aliphatic heterocycles. The Kier molecular flexibility index (Phi) is 4.78. The molecule has 0 N–H and O–H groups in total. The van der Waals surface area contributed by atoms with Gasteiger partial charge in [0.25, 0.3) is 0 Å². The second-order valence-electron chi connectivity index (χ2n) is 5.50. The van der Waals surface area contributed by atoms with Gasteiger partial charge in [-0.1, -0.05) is 50.3 Å². The minimum atomic E-state index is -0.550. The molecule has 1 fully saturated rings. The molecule has 0 aliphatic carbocycles. The van der Waals surface area contributed by atoms with E-state index < -0.39 is 6.09 Å². The molecule has 1 aliphatic rings. The van der Waals surface area contributed by atoms with Gasteiger partial charge in [-0.2, -0.15) is 0 Å². The Hall–Kier alpha value is -2.10. The molecule has 0 spiro atoms. The van der Waals surface area contributed by atoms with Crippen LogP contribution in [0.15, 0.2) is 43.0 Å². The van der Waals surface area contributed by atoms with Crippen molar-refractivity contribution in [3.63, 3.8) is 0 Å². The number of hydrogen-bond acceptors (Lipinski definition) is 3. The van der Waals surface area contributed by atoms with Gasteiger partial charge in [-0.25, -0.2) is 9.69 Å². The highest BCUT2D eigenvalue weighted by Crippen LogP contribution is 2.31. The molecule has 1 aromatic rings. The van der Waals surface area contributed by atoms with E-state index in [1.165, 1.54) is 4.90 Å². The van der Waals surface area contributed by atoms with Crippen molar-refractivity contribution in [2.45, 2.75) is 26.3 Å². The van der Waals surface area contributed by atoms with Crippen LogP contribution < -0.4 is 0 Å². The summed E-state index contributed by atoms with van der Waals surface area (Å²) in [6, 6.07) is 9.18. The molecule has 4 heteroatoms. The van der Waals surface area contributed by atoms with Crippen LogP contribution in [0.5, 0.6) is 0 Å². The number of cyclic esters (lactones) is 1. The van der Waals surface area contributed by atoms with Crippen molar-refractivity contribution in [3.8, 4) is 0 Å². The number of rotatable bonds is 5. The fourth-order valence-corrected chi connectivity index (χ4v) is 2.52. The summed E-state index contributed by atoms with van der Waals surface area (Å²) in [5, 5.41) is 0. The van der Waals surface area contributed by atoms with E-state index in [2.05, 4.69) is 6.58 Å². The summed E-state index contributed by atoms with van der Waals surface area (Å²) < 4.78 is 5.09. The topological polar surface area (TPSA) is 46.6 Å². The lowest BCUT2D eigenvalue weighted by molar-refractivity contribution is -0.134. The molecule has 0 unspecified atom stereocenters. The van der Waals surface area contributed by atoms with E-state index in [4.69, 9.17) is 4.74 Å². The number of carbonyl (C=O) groups excluding carboxylic acids is 2. The molecule has 2 rings (SSSR count). The van der Waals surface area contributed by atoms with Crippen LogP contribution in [0.25, 0.3) is 0 Å². The first kappa shape index (κ1) is 15.3. The summed E-state index contributed by atoms with van der Waals surface area (Å²) in [4.78, 5) is 25.9. The Morgan fingerprint density at radius 1 is 1.43 bits per heavy atom. The van der Waals surface area contributed by atoms with Crippen LogP contribution in [0, 0.1) is 11.8 Å². The predicted octanol–water partition coefficient (Wildman–Crippen LogP) is 3.55. The number of amides is 2. The van der Waals surface area contributed by atoms with Gasteiger partial charge in [0.05, 0.1) is 0 Å². The number of allylic oxidation sites excluding steroid dienone is 1. The lowest BCUT2D eigenvalue weighted by atomic mass is 9.91. The third-order valence-electron chi connectivity index (χ3n) is 4.08. The highest BCUT2D eigenvalue weighted by atomic mass is 16.6. The summed E-state index contributed by atoms with van der Waals surface area (Å²) in [6.07, 6.45) is 1.99. The van der Waals surface area contributed by atoms with Gasteiger partial charge in [0.2, 0.25) is 5.91 Å². The van der Waals surface area contributed by atoms with Gasteiger partial charge in [-0.3, -0.25) is 4.79 Å². The Balaban J connectivity index is 2.20. The number of ether oxygens (including phenoxy) is 1. The third-order valence-corrected chi connectivity index (χ3v) is 4.08. The van der Waals surface area contributed by atoms with Crippen LogP contribution in [0.1, 0.15) is 31.9 Å². The quantitative estimate of drug-likeness (QED) is 0.778. The van der Waals surface area contributed by atoms with E-state index in [9.17, 15) is 9.59 Å². The number of imide groups is 1. The molecule has 2 amide bonds. The molecule has 1 heterocycles. The van der Waals surface area contributed by atoms with Gasteiger partial charge in [-0.15, -0.1) is 6.58 Å². The Bertz CT molecular complexity index is 526. The number of hydrogen-bond donors (Lipinski definition) is 0. The van der Waals surface area contributed by atoms with E-state index in [0.717, 1.165) is 12.0 Å². The standard InChI is InChI=1S/C17H21NO3/c1-4-8-12(2)13(3)16(19)18-15(11-21-17(18)20)14-9-6-5-7-10-14/h4-7,9-10,12-13,15H,1,8,11H2,2-3H3/t12-,13+,15-/m0/s1. The molecule has 0 bridgehead atoms. The SMILES string of the molecule is C=CC[C@H](C)[C@@H](C)C(=O)N1C(=O)OC[C@H]1c1ccccc1. The Labute approximate surface area is 125 Å². The van der Waals surface area contributed by atoms with Gasteiger partial charge in [0, 0.05) is 5.92 Å². The van der Waals surface area contributed by atoms with Crippen LogP contribution in [-0.4, -0.2) is 23.5 Å². The van der Waals surface area contributed by atoms with Gasteiger partial charge in [-0.05, 0) is 17.9 Å². The predicted molar refractivity (Wildman–Crippen MR) is 80.5 cm³/mol. The summed E-state index contributed by atoms with van der Waals surface area (Å²) in [6.45, 7) is 7.76. The fraction of sp³-hybridized carbons (Fsp3) is 0.412. The maximum atomic E-state index is 12.6. The normalized spacial score (nSPS) is 20.8. The van der Waals surface area contributed by atoms with Crippen LogP contribution in [0.4, 0.5) is 4.79 Å². The van der Waals surface area contributed by atoms with Crippen molar-refractivity contribution in [3.05, 3.63) is 48.6 Å². The van der Waals surface area contributed by atoms with Crippen molar-refractivity contribution in [1.29, 1.82) is 0 Å². The maximum absolute atomic E-state index is 12.6. The zero-order valence-corrected chi connectivity index (χ0v) is 12.5. The summed E-state index contributed by atoms with van der Waals surface area (Å²) in [7, 11) is 0. The molecule has 1 saturated heterocycles. The zero-order chi connectivity index (χ0) is 15.4. The molecule has 0 aromatic heterocycles. The Morgan fingerprint density at radius 3 is 2.71 bits per heavy atom. The molecule has 112 valence electrons. The molecule has 0 saturated carbocycles. The second-order valence-corrected chi connectivity index (χ2v) is 5.50. The number of nitrogens with zero attached hydrogens (tertiary/aromatic N) is 1.